The number of carbonyl (C=O) groups is 4. The summed E-state index contributed by atoms with van der Waals surface area (Å²) in [6.07, 6.45) is 10.4. The second-order valence-corrected chi connectivity index (χ2v) is 15.9. The van der Waals surface area contributed by atoms with E-state index in [1.165, 1.54) is 32.4 Å². The first-order chi connectivity index (χ1) is 27.7. The number of nitrogens with two attached hydrogens (primary N) is 1. The predicted molar refractivity (Wildman–Crippen MR) is 227 cm³/mol. The minimum atomic E-state index is -0.266. The third-order valence-electron chi connectivity index (χ3n) is 12.1. The first-order valence-corrected chi connectivity index (χ1v) is 20.4. The van der Waals surface area contributed by atoms with Crippen LogP contribution in [0.4, 0.5) is 0 Å². The quantitative estimate of drug-likeness (QED) is 0.0802. The first-order valence-electron chi connectivity index (χ1n) is 20.4. The SMILES string of the molecule is CN1CCC(CCCOc2ccc3c(ccc4occ(C5CCC(=O)CC5=O)c43)c2)CC1.NCCOc1ccc2c(ccc3occ(C4CCC(=O)CC4=O)c32)c1.[CH3-].[W]. The van der Waals surface area contributed by atoms with Crippen molar-refractivity contribution in [2.45, 2.75) is 76.0 Å². The minimum Gasteiger partial charge on any atom is -0.494 e. The molecule has 1 saturated heterocycles. The smallest absolute Gasteiger partial charge is 0.147 e. The molecule has 1 aliphatic heterocycles. The molecule has 11 heteroatoms. The number of likely N-dealkylation sites (tertiary alicyclic amines) is 1. The summed E-state index contributed by atoms with van der Waals surface area (Å²) in [7, 11) is 2.20. The van der Waals surface area contributed by atoms with E-state index in [4.69, 9.17) is 24.0 Å². The van der Waals surface area contributed by atoms with E-state index in [0.29, 0.717) is 38.8 Å². The van der Waals surface area contributed by atoms with Gasteiger partial charge in [-0.05, 0) is 135 Å². The van der Waals surface area contributed by atoms with Gasteiger partial charge in [0.15, 0.2) is 0 Å². The Balaban J connectivity index is 0.000000197. The topological polar surface area (TPSA) is 142 Å². The Kier molecular flexibility index (Phi) is 14.6. The summed E-state index contributed by atoms with van der Waals surface area (Å²) in [5.74, 6) is 2.02. The summed E-state index contributed by atoms with van der Waals surface area (Å²) in [5.41, 5.74) is 8.81. The molecule has 3 fully saturated rings. The van der Waals surface area contributed by atoms with Gasteiger partial charge in [0.2, 0.25) is 0 Å². The van der Waals surface area contributed by atoms with Crippen LogP contribution in [-0.2, 0) is 40.2 Å². The van der Waals surface area contributed by atoms with Gasteiger partial charge in [-0.1, -0.05) is 12.1 Å². The van der Waals surface area contributed by atoms with Gasteiger partial charge in [0.25, 0.3) is 0 Å². The van der Waals surface area contributed by atoms with Crippen LogP contribution in [0.5, 0.6) is 11.5 Å². The Labute approximate surface area is 359 Å². The Morgan fingerprint density at radius 2 is 1.17 bits per heavy atom. The molecule has 9 rings (SSSR count). The van der Waals surface area contributed by atoms with Crippen LogP contribution < -0.4 is 15.2 Å². The van der Waals surface area contributed by atoms with Crippen LogP contribution >= 0.6 is 0 Å². The third kappa shape index (κ3) is 9.72. The number of fused-ring (bicyclic) bond motifs is 6. The van der Waals surface area contributed by atoms with Gasteiger partial charge in [-0.2, -0.15) is 0 Å². The number of nitrogens with zero attached hydrogens (tertiary/aromatic N) is 1. The Morgan fingerprint density at radius 3 is 1.64 bits per heavy atom. The van der Waals surface area contributed by atoms with Crippen molar-refractivity contribution in [3.63, 3.8) is 0 Å². The zero-order valence-electron chi connectivity index (χ0n) is 34.0. The van der Waals surface area contributed by atoms with Crippen molar-refractivity contribution in [1.29, 1.82) is 0 Å². The average Bonchev–Trinajstić information content (AvgIpc) is 3.85. The maximum Gasteiger partial charge on any atom is 0.147 e. The first kappa shape index (κ1) is 43.9. The van der Waals surface area contributed by atoms with Gasteiger partial charge in [0.05, 0.1) is 32.0 Å². The van der Waals surface area contributed by atoms with E-state index in [2.05, 4.69) is 24.1 Å². The number of hydrogen-bond acceptors (Lipinski definition) is 10. The van der Waals surface area contributed by atoms with Crippen molar-refractivity contribution in [2.75, 3.05) is 39.9 Å². The van der Waals surface area contributed by atoms with E-state index in [-0.39, 0.29) is 76.3 Å². The van der Waals surface area contributed by atoms with Crippen molar-refractivity contribution in [2.24, 2.45) is 11.7 Å². The number of Topliss-reactive ketones (excluding diaryl/α,β-unsaturated/α-hetero) is 4. The molecule has 2 aliphatic carbocycles. The number of piperidine rings is 1. The van der Waals surface area contributed by atoms with E-state index >= 15 is 0 Å². The van der Waals surface area contributed by atoms with Crippen LogP contribution in [0, 0.1) is 13.3 Å². The van der Waals surface area contributed by atoms with Gasteiger partial charge >= 0.3 is 0 Å². The van der Waals surface area contributed by atoms with Crippen molar-refractivity contribution in [3.8, 4) is 11.5 Å². The number of hydrogen-bond donors (Lipinski definition) is 1. The fraction of sp³-hybridized carbons (Fsp3) is 0.396. The Bertz CT molecular complexity index is 2460. The number of rotatable bonds is 10. The van der Waals surface area contributed by atoms with Gasteiger partial charge in [0, 0.05) is 74.2 Å². The summed E-state index contributed by atoms with van der Waals surface area (Å²) < 4.78 is 23.1. The summed E-state index contributed by atoms with van der Waals surface area (Å²) >= 11 is 0. The van der Waals surface area contributed by atoms with Gasteiger partial charge in [-0.15, -0.1) is 0 Å². The Hall–Kier alpha value is -4.63. The molecule has 10 nitrogen and oxygen atoms in total. The molecule has 0 spiro atoms. The largest absolute Gasteiger partial charge is 0.494 e. The second-order valence-electron chi connectivity index (χ2n) is 15.9. The molecular weight excluding hydrogens is 916 g/mol. The van der Waals surface area contributed by atoms with Gasteiger partial charge in [-0.3, -0.25) is 19.2 Å². The number of furan rings is 2. The number of carbonyl (C=O) groups excluding carboxylic acids is 4. The molecule has 3 heterocycles. The van der Waals surface area contributed by atoms with E-state index in [1.54, 1.807) is 12.5 Å². The summed E-state index contributed by atoms with van der Waals surface area (Å²) in [4.78, 5) is 50.5. The molecular formula is C48H53N2O8W-. The molecule has 2 unspecified atom stereocenters. The van der Waals surface area contributed by atoms with Crippen LogP contribution in [0.1, 0.15) is 87.2 Å². The summed E-state index contributed by atoms with van der Waals surface area (Å²) in [6.45, 7) is 4.09. The zero-order chi connectivity index (χ0) is 39.5. The maximum absolute atomic E-state index is 12.5. The second kappa shape index (κ2) is 19.6. The van der Waals surface area contributed by atoms with Crippen LogP contribution in [0.15, 0.2) is 82.0 Å². The molecule has 6 aromatic rings. The average molecular weight is 970 g/mol. The standard InChI is InChI=1S/C27H31NO4.C20H19NO4.CH3.W/c1-28-12-10-18(11-13-28)3-2-14-31-21-6-8-22-19(15-21)4-9-26-27(22)24(17-32-26)23-7-5-20(29)16-25(23)30;21-7-8-24-14-3-5-15-12(9-14)1-6-19-20(15)17(11-25-19)16-4-2-13(22)10-18(16)23;;/h4,6,8-9,15,17-18,23H,2-3,5,7,10-14,16H2,1H3;1,3,5-6,9,11,16H,2,4,7-8,10,21H2;1H3;/q;;-1;. The van der Waals surface area contributed by atoms with Crippen molar-refractivity contribution in [3.05, 3.63) is 91.7 Å². The summed E-state index contributed by atoms with van der Waals surface area (Å²) in [6, 6.07) is 19.9. The molecule has 4 aromatic carbocycles. The molecule has 2 aromatic heterocycles. The zero-order valence-corrected chi connectivity index (χ0v) is 36.9. The number of ether oxygens (including phenoxy) is 2. The fourth-order valence-corrected chi connectivity index (χ4v) is 8.92. The molecule has 0 bridgehead atoms. The summed E-state index contributed by atoms with van der Waals surface area (Å²) in [5, 5.41) is 6.12. The normalized spacial score (nSPS) is 19.1. The minimum absolute atomic E-state index is 0. The van der Waals surface area contributed by atoms with Gasteiger partial charge < -0.3 is 36.4 Å². The molecule has 0 amide bonds. The van der Waals surface area contributed by atoms with E-state index in [9.17, 15) is 19.2 Å². The van der Waals surface area contributed by atoms with Gasteiger partial charge in [0.1, 0.15) is 52.4 Å². The van der Waals surface area contributed by atoms with E-state index < -0.39 is 0 Å². The van der Waals surface area contributed by atoms with E-state index in [1.807, 2.05) is 48.5 Å². The van der Waals surface area contributed by atoms with E-state index in [0.717, 1.165) is 85.1 Å². The molecule has 2 N–H and O–H groups in total. The number of ketones is 4. The van der Waals surface area contributed by atoms with Gasteiger partial charge in [-0.25, -0.2) is 0 Å². The number of benzene rings is 4. The molecule has 310 valence electrons. The van der Waals surface area contributed by atoms with Crippen LogP contribution in [-0.4, -0.2) is 67.9 Å². The molecule has 59 heavy (non-hydrogen) atoms. The molecule has 2 saturated carbocycles. The van der Waals surface area contributed by atoms with Crippen LogP contribution in [0.25, 0.3) is 43.5 Å². The predicted octanol–water partition coefficient (Wildman–Crippen LogP) is 9.27. The fourth-order valence-electron chi connectivity index (χ4n) is 8.92. The van der Waals surface area contributed by atoms with Crippen molar-refractivity contribution >= 4 is 66.6 Å². The Morgan fingerprint density at radius 1 is 0.678 bits per heavy atom. The van der Waals surface area contributed by atoms with Crippen molar-refractivity contribution in [1.82, 2.24) is 4.90 Å². The third-order valence-corrected chi connectivity index (χ3v) is 12.1. The molecule has 2 atom stereocenters. The monoisotopic (exact) mass is 969 g/mol. The maximum atomic E-state index is 12.5. The van der Waals surface area contributed by atoms with Crippen LogP contribution in [0.3, 0.4) is 0 Å². The van der Waals surface area contributed by atoms with Crippen molar-refractivity contribution < 1.29 is 58.6 Å². The van der Waals surface area contributed by atoms with Crippen LogP contribution in [0.2, 0.25) is 0 Å². The molecule has 0 radical (unpaired) electrons. The molecule has 3 aliphatic rings.